The van der Waals surface area contributed by atoms with Gasteiger partial charge in [-0.05, 0) is 130 Å². The van der Waals surface area contributed by atoms with Crippen LogP contribution in [0.3, 0.4) is 0 Å². The molecular formula is C51H34O. The highest BCUT2D eigenvalue weighted by molar-refractivity contribution is 6.21. The van der Waals surface area contributed by atoms with Crippen molar-refractivity contribution in [2.75, 3.05) is 0 Å². The van der Waals surface area contributed by atoms with Crippen molar-refractivity contribution in [3.63, 3.8) is 0 Å². The number of fused-ring (bicyclic) bond motifs is 9. The molecule has 1 nitrogen and oxygen atoms in total. The topological polar surface area (TPSA) is 13.1 Å². The molecule has 1 aliphatic rings. The van der Waals surface area contributed by atoms with Gasteiger partial charge in [-0.15, -0.1) is 0 Å². The highest BCUT2D eigenvalue weighted by Crippen LogP contribution is 2.52. The Bertz CT molecular complexity index is 3040. The highest BCUT2D eigenvalue weighted by atomic mass is 16.3. The minimum absolute atomic E-state index is 0.0680. The van der Waals surface area contributed by atoms with E-state index in [-0.39, 0.29) is 5.41 Å². The van der Waals surface area contributed by atoms with Gasteiger partial charge in [0.25, 0.3) is 0 Å². The van der Waals surface area contributed by atoms with E-state index in [4.69, 9.17) is 4.42 Å². The molecule has 0 saturated carbocycles. The first-order valence-electron chi connectivity index (χ1n) is 18.2. The third kappa shape index (κ3) is 4.17. The average molecular weight is 663 g/mol. The van der Waals surface area contributed by atoms with Gasteiger partial charge in [-0.1, -0.05) is 141 Å². The minimum atomic E-state index is -0.0680. The second-order valence-electron chi connectivity index (χ2n) is 14.9. The Hall–Kier alpha value is -6.44. The standard InChI is InChI=1S/C51H34O/c1-51(2)45-24-22-36(29-42(45)43-27-32-12-3-4-13-33(32)30-46(43)51)50-40-19-7-5-17-38(40)49(39-18-6-8-20-41(39)50)35-15-11-14-31(26-35)34-23-25-48-44(28-34)37-16-9-10-21-47(37)52-48/h3-30H,1-2H3. The van der Waals surface area contributed by atoms with Crippen LogP contribution in [0.5, 0.6) is 0 Å². The highest BCUT2D eigenvalue weighted by Gasteiger charge is 2.36. The summed E-state index contributed by atoms with van der Waals surface area (Å²) in [6, 6.07) is 62.6. The zero-order chi connectivity index (χ0) is 34.6. The molecule has 0 saturated heterocycles. The fourth-order valence-electron chi connectivity index (χ4n) is 9.10. The number of benzene rings is 9. The van der Waals surface area contributed by atoms with Gasteiger partial charge >= 0.3 is 0 Å². The van der Waals surface area contributed by atoms with Gasteiger partial charge in [0.15, 0.2) is 0 Å². The Labute approximate surface area is 302 Å². The lowest BCUT2D eigenvalue weighted by Crippen LogP contribution is -2.14. The quantitative estimate of drug-likeness (QED) is 0.172. The smallest absolute Gasteiger partial charge is 0.135 e. The molecule has 1 aromatic heterocycles. The maximum atomic E-state index is 6.15. The van der Waals surface area contributed by atoms with Gasteiger partial charge < -0.3 is 4.42 Å². The van der Waals surface area contributed by atoms with Crippen molar-refractivity contribution in [1.29, 1.82) is 0 Å². The summed E-state index contributed by atoms with van der Waals surface area (Å²) in [5.74, 6) is 0. The van der Waals surface area contributed by atoms with Crippen molar-refractivity contribution in [2.24, 2.45) is 0 Å². The molecule has 1 heterocycles. The van der Waals surface area contributed by atoms with Crippen molar-refractivity contribution in [3.8, 4) is 44.5 Å². The zero-order valence-corrected chi connectivity index (χ0v) is 29.1. The molecule has 0 fully saturated rings. The van der Waals surface area contributed by atoms with E-state index >= 15 is 0 Å². The first kappa shape index (κ1) is 29.3. The third-order valence-corrected chi connectivity index (χ3v) is 11.6. The van der Waals surface area contributed by atoms with Crippen LogP contribution in [0.1, 0.15) is 25.0 Å². The molecule has 1 heteroatoms. The summed E-state index contributed by atoms with van der Waals surface area (Å²) in [5, 5.41) is 9.94. The van der Waals surface area contributed by atoms with E-state index in [2.05, 4.69) is 172 Å². The molecule has 0 atom stereocenters. The molecular weight excluding hydrogens is 629 g/mol. The maximum absolute atomic E-state index is 6.15. The summed E-state index contributed by atoms with van der Waals surface area (Å²) >= 11 is 0. The van der Waals surface area contributed by atoms with E-state index in [0.717, 1.165) is 21.9 Å². The van der Waals surface area contributed by atoms with Crippen LogP contribution in [-0.2, 0) is 5.41 Å². The van der Waals surface area contributed by atoms with Gasteiger partial charge in [-0.2, -0.15) is 0 Å². The number of hydrogen-bond acceptors (Lipinski definition) is 1. The van der Waals surface area contributed by atoms with Gasteiger partial charge in [-0.25, -0.2) is 0 Å². The first-order chi connectivity index (χ1) is 25.5. The van der Waals surface area contributed by atoms with Crippen LogP contribution in [-0.4, -0.2) is 0 Å². The summed E-state index contributed by atoms with van der Waals surface area (Å²) in [6.45, 7) is 4.74. The molecule has 11 rings (SSSR count). The largest absolute Gasteiger partial charge is 0.456 e. The number of para-hydroxylation sites is 1. The van der Waals surface area contributed by atoms with E-state index in [1.807, 2.05) is 12.1 Å². The molecule has 0 amide bonds. The molecule has 0 aliphatic heterocycles. The molecule has 0 radical (unpaired) electrons. The third-order valence-electron chi connectivity index (χ3n) is 11.6. The number of rotatable bonds is 3. The van der Waals surface area contributed by atoms with Crippen molar-refractivity contribution in [3.05, 3.63) is 181 Å². The van der Waals surface area contributed by atoms with Crippen LogP contribution in [0.2, 0.25) is 0 Å². The fourth-order valence-corrected chi connectivity index (χ4v) is 9.10. The van der Waals surface area contributed by atoms with E-state index in [0.29, 0.717) is 0 Å². The minimum Gasteiger partial charge on any atom is -0.456 e. The molecule has 1 aliphatic carbocycles. The Kier molecular flexibility index (Phi) is 6.08. The fraction of sp³-hybridized carbons (Fsp3) is 0.0588. The Morgan fingerprint density at radius 2 is 0.865 bits per heavy atom. The van der Waals surface area contributed by atoms with Gasteiger partial charge in [0.1, 0.15) is 11.2 Å². The predicted molar refractivity (Wildman–Crippen MR) is 220 cm³/mol. The van der Waals surface area contributed by atoms with Gasteiger partial charge in [0.2, 0.25) is 0 Å². The Balaban J connectivity index is 1.12. The van der Waals surface area contributed by atoms with E-state index in [1.165, 1.54) is 88.0 Å². The summed E-state index contributed by atoms with van der Waals surface area (Å²) in [5.41, 5.74) is 14.7. The summed E-state index contributed by atoms with van der Waals surface area (Å²) in [4.78, 5) is 0. The molecule has 0 N–H and O–H groups in total. The molecule has 244 valence electrons. The van der Waals surface area contributed by atoms with Gasteiger partial charge in [-0.3, -0.25) is 0 Å². The first-order valence-corrected chi connectivity index (χ1v) is 18.2. The molecule has 0 spiro atoms. The maximum Gasteiger partial charge on any atom is 0.135 e. The summed E-state index contributed by atoms with van der Waals surface area (Å²) < 4.78 is 6.15. The van der Waals surface area contributed by atoms with Crippen LogP contribution in [0.15, 0.2) is 174 Å². The van der Waals surface area contributed by atoms with Crippen molar-refractivity contribution in [1.82, 2.24) is 0 Å². The zero-order valence-electron chi connectivity index (χ0n) is 29.1. The number of furan rings is 1. The lowest BCUT2D eigenvalue weighted by Gasteiger charge is -2.22. The molecule has 0 bridgehead atoms. The van der Waals surface area contributed by atoms with Gasteiger partial charge in [0, 0.05) is 16.2 Å². The van der Waals surface area contributed by atoms with Crippen LogP contribution >= 0.6 is 0 Å². The predicted octanol–water partition coefficient (Wildman–Crippen LogP) is 14.4. The normalized spacial score (nSPS) is 13.3. The second-order valence-corrected chi connectivity index (χ2v) is 14.9. The van der Waals surface area contributed by atoms with Crippen LogP contribution in [0.25, 0.3) is 98.8 Å². The molecule has 52 heavy (non-hydrogen) atoms. The Morgan fingerprint density at radius 3 is 1.58 bits per heavy atom. The van der Waals surface area contributed by atoms with Crippen molar-refractivity contribution < 1.29 is 4.42 Å². The van der Waals surface area contributed by atoms with Crippen LogP contribution < -0.4 is 0 Å². The van der Waals surface area contributed by atoms with E-state index in [1.54, 1.807) is 0 Å². The molecule has 0 unspecified atom stereocenters. The monoisotopic (exact) mass is 662 g/mol. The van der Waals surface area contributed by atoms with Gasteiger partial charge in [0.05, 0.1) is 0 Å². The van der Waals surface area contributed by atoms with Crippen molar-refractivity contribution in [2.45, 2.75) is 19.3 Å². The lowest BCUT2D eigenvalue weighted by atomic mass is 9.81. The molecule has 10 aromatic rings. The van der Waals surface area contributed by atoms with Crippen LogP contribution in [0, 0.1) is 0 Å². The van der Waals surface area contributed by atoms with E-state index < -0.39 is 0 Å². The molecule has 9 aromatic carbocycles. The Morgan fingerprint density at radius 1 is 0.346 bits per heavy atom. The lowest BCUT2D eigenvalue weighted by molar-refractivity contribution is 0.661. The summed E-state index contributed by atoms with van der Waals surface area (Å²) in [7, 11) is 0. The number of hydrogen-bond donors (Lipinski definition) is 0. The second kappa shape index (κ2) is 10.8. The van der Waals surface area contributed by atoms with Crippen LogP contribution in [0.4, 0.5) is 0 Å². The SMILES string of the molecule is CC1(C)c2ccc(-c3c4ccccc4c(-c4cccc(-c5ccc6oc7ccccc7c6c5)c4)c4ccccc34)cc2-c2cc3ccccc3cc21. The average Bonchev–Trinajstić information content (AvgIpc) is 3.67. The van der Waals surface area contributed by atoms with E-state index in [9.17, 15) is 0 Å². The summed E-state index contributed by atoms with van der Waals surface area (Å²) in [6.07, 6.45) is 0. The van der Waals surface area contributed by atoms with Crippen molar-refractivity contribution >= 4 is 54.3 Å².